The molecule has 2 heterocycles. The van der Waals surface area contributed by atoms with Gasteiger partial charge in [0.15, 0.2) is 0 Å². The third-order valence-corrected chi connectivity index (χ3v) is 6.01. The molecule has 0 spiro atoms. The molecule has 18 heavy (non-hydrogen) atoms. The Balaban J connectivity index is 1.77. The molecule has 3 aliphatic rings. The number of hydrogen-bond donors (Lipinski definition) is 1. The van der Waals surface area contributed by atoms with Gasteiger partial charge in [0.05, 0.1) is 6.61 Å². The number of hydrogen-bond acceptors (Lipinski definition) is 3. The third-order valence-electron chi connectivity index (χ3n) is 6.01. The molecule has 3 fully saturated rings. The number of ether oxygens (including phenoxy) is 1. The summed E-state index contributed by atoms with van der Waals surface area (Å²) in [7, 11) is 0. The van der Waals surface area contributed by atoms with Gasteiger partial charge < -0.3 is 10.5 Å². The summed E-state index contributed by atoms with van der Waals surface area (Å²) in [6, 6.07) is 0. The maximum Gasteiger partial charge on any atom is 0.0513 e. The Kier molecular flexibility index (Phi) is 3.65. The summed E-state index contributed by atoms with van der Waals surface area (Å²) in [6.07, 6.45) is 6.74. The average molecular weight is 252 g/mol. The van der Waals surface area contributed by atoms with Crippen LogP contribution in [0.4, 0.5) is 0 Å². The molecule has 2 N–H and O–H groups in total. The highest BCUT2D eigenvalue weighted by molar-refractivity contribution is 5.03. The van der Waals surface area contributed by atoms with Gasteiger partial charge in [-0.1, -0.05) is 13.3 Å². The summed E-state index contributed by atoms with van der Waals surface area (Å²) in [5.41, 5.74) is 6.45. The van der Waals surface area contributed by atoms with Gasteiger partial charge in [-0.15, -0.1) is 0 Å². The van der Waals surface area contributed by atoms with E-state index in [1.807, 2.05) is 0 Å². The smallest absolute Gasteiger partial charge is 0.0513 e. The lowest BCUT2D eigenvalue weighted by atomic mass is 9.79. The first-order chi connectivity index (χ1) is 8.80. The Morgan fingerprint density at radius 1 is 1.22 bits per heavy atom. The maximum absolute atomic E-state index is 6.23. The number of nitrogens with two attached hydrogens (primary N) is 1. The summed E-state index contributed by atoms with van der Waals surface area (Å²) in [6.45, 7) is 7.58. The Hall–Kier alpha value is -0.120. The van der Waals surface area contributed by atoms with E-state index in [2.05, 4.69) is 11.8 Å². The molecule has 2 saturated heterocycles. The van der Waals surface area contributed by atoms with Crippen molar-refractivity contribution in [2.75, 3.05) is 32.8 Å². The minimum atomic E-state index is 0.223. The first kappa shape index (κ1) is 12.9. The van der Waals surface area contributed by atoms with Crippen molar-refractivity contribution in [3.05, 3.63) is 0 Å². The van der Waals surface area contributed by atoms with E-state index in [9.17, 15) is 0 Å². The Bertz CT molecular complexity index is 272. The summed E-state index contributed by atoms with van der Waals surface area (Å²) >= 11 is 0. The number of nitrogens with zero attached hydrogens (tertiary/aromatic N) is 1. The second-order valence-electron chi connectivity index (χ2n) is 6.58. The van der Waals surface area contributed by atoms with E-state index < -0.39 is 0 Å². The fourth-order valence-electron chi connectivity index (χ4n) is 4.77. The third kappa shape index (κ3) is 1.91. The van der Waals surface area contributed by atoms with Crippen molar-refractivity contribution in [2.24, 2.45) is 23.5 Å². The predicted molar refractivity (Wildman–Crippen MR) is 73.4 cm³/mol. The van der Waals surface area contributed by atoms with Crippen molar-refractivity contribution in [3.63, 3.8) is 0 Å². The van der Waals surface area contributed by atoms with Crippen molar-refractivity contribution >= 4 is 0 Å². The van der Waals surface area contributed by atoms with E-state index in [4.69, 9.17) is 10.5 Å². The van der Waals surface area contributed by atoms with Crippen molar-refractivity contribution in [2.45, 2.75) is 44.6 Å². The second kappa shape index (κ2) is 5.10. The minimum absolute atomic E-state index is 0.223. The van der Waals surface area contributed by atoms with Gasteiger partial charge in [0.25, 0.3) is 0 Å². The molecular weight excluding hydrogens is 224 g/mol. The zero-order valence-corrected chi connectivity index (χ0v) is 11.7. The molecule has 3 nitrogen and oxygen atoms in total. The molecule has 3 heteroatoms. The normalized spacial score (nSPS) is 40.0. The molecule has 104 valence electrons. The van der Waals surface area contributed by atoms with Crippen LogP contribution in [0.1, 0.15) is 39.0 Å². The fraction of sp³-hybridized carbons (Fsp3) is 1.00. The van der Waals surface area contributed by atoms with Crippen LogP contribution in [0.5, 0.6) is 0 Å². The van der Waals surface area contributed by atoms with Gasteiger partial charge in [-0.3, -0.25) is 4.90 Å². The van der Waals surface area contributed by atoms with Crippen molar-refractivity contribution < 1.29 is 4.74 Å². The highest BCUT2D eigenvalue weighted by atomic mass is 16.5. The van der Waals surface area contributed by atoms with E-state index in [-0.39, 0.29) is 5.54 Å². The van der Waals surface area contributed by atoms with E-state index in [0.717, 1.165) is 31.6 Å². The molecule has 0 radical (unpaired) electrons. The van der Waals surface area contributed by atoms with Crippen LogP contribution < -0.4 is 5.73 Å². The predicted octanol–water partition coefficient (Wildman–Crippen LogP) is 1.86. The lowest BCUT2D eigenvalue weighted by Crippen LogP contribution is -2.58. The van der Waals surface area contributed by atoms with E-state index in [1.54, 1.807) is 0 Å². The standard InChI is InChI=1S/C15H28N2O/c1-2-15(11-16,14-6-7-18-10-14)17-8-12-4-3-5-13(12)9-17/h12-14H,2-11,16H2,1H3. The van der Waals surface area contributed by atoms with Crippen molar-refractivity contribution in [3.8, 4) is 0 Å². The van der Waals surface area contributed by atoms with Crippen molar-refractivity contribution in [1.29, 1.82) is 0 Å². The molecule has 1 aliphatic carbocycles. The molecule has 2 aliphatic heterocycles. The Labute approximate surface area is 111 Å². The van der Waals surface area contributed by atoms with Gasteiger partial charge in [0.1, 0.15) is 0 Å². The van der Waals surface area contributed by atoms with Gasteiger partial charge >= 0.3 is 0 Å². The van der Waals surface area contributed by atoms with Crippen LogP contribution in [-0.4, -0.2) is 43.3 Å². The number of likely N-dealkylation sites (tertiary alicyclic amines) is 1. The van der Waals surface area contributed by atoms with Crippen LogP contribution in [0.3, 0.4) is 0 Å². The minimum Gasteiger partial charge on any atom is -0.381 e. The highest BCUT2D eigenvalue weighted by Gasteiger charge is 2.48. The first-order valence-electron chi connectivity index (χ1n) is 7.83. The van der Waals surface area contributed by atoms with Crippen LogP contribution in [0.2, 0.25) is 0 Å². The van der Waals surface area contributed by atoms with Crippen LogP contribution in [0.25, 0.3) is 0 Å². The van der Waals surface area contributed by atoms with Crippen LogP contribution >= 0.6 is 0 Å². The molecule has 0 bridgehead atoms. The number of fused-ring (bicyclic) bond motifs is 1. The summed E-state index contributed by atoms with van der Waals surface area (Å²) in [5.74, 6) is 2.58. The zero-order chi connectivity index (χ0) is 12.6. The van der Waals surface area contributed by atoms with Gasteiger partial charge in [0.2, 0.25) is 0 Å². The molecule has 4 unspecified atom stereocenters. The largest absolute Gasteiger partial charge is 0.381 e. The number of rotatable bonds is 4. The molecular formula is C15H28N2O. The molecule has 0 aromatic heterocycles. The molecule has 0 amide bonds. The second-order valence-corrected chi connectivity index (χ2v) is 6.58. The summed E-state index contributed by atoms with van der Waals surface area (Å²) in [4.78, 5) is 2.75. The highest BCUT2D eigenvalue weighted by Crippen LogP contribution is 2.44. The van der Waals surface area contributed by atoms with Gasteiger partial charge in [-0.25, -0.2) is 0 Å². The molecule has 0 aromatic carbocycles. The van der Waals surface area contributed by atoms with Gasteiger partial charge in [-0.2, -0.15) is 0 Å². The molecule has 1 saturated carbocycles. The summed E-state index contributed by atoms with van der Waals surface area (Å²) in [5, 5.41) is 0. The average Bonchev–Trinajstić information content (AvgIpc) is 3.07. The summed E-state index contributed by atoms with van der Waals surface area (Å²) < 4.78 is 5.64. The van der Waals surface area contributed by atoms with E-state index >= 15 is 0 Å². The lowest BCUT2D eigenvalue weighted by Gasteiger charge is -2.45. The molecule has 0 aromatic rings. The SMILES string of the molecule is CCC(CN)(C1CCOC1)N1CC2CCCC2C1. The molecule has 4 atom stereocenters. The first-order valence-corrected chi connectivity index (χ1v) is 7.83. The van der Waals surface area contributed by atoms with Gasteiger partial charge in [0, 0.05) is 37.7 Å². The van der Waals surface area contributed by atoms with E-state index in [1.165, 1.54) is 45.2 Å². The Morgan fingerprint density at radius 3 is 2.44 bits per heavy atom. The van der Waals surface area contributed by atoms with E-state index in [0.29, 0.717) is 5.92 Å². The molecule has 3 rings (SSSR count). The fourth-order valence-corrected chi connectivity index (χ4v) is 4.77. The Morgan fingerprint density at radius 2 is 1.94 bits per heavy atom. The van der Waals surface area contributed by atoms with Crippen molar-refractivity contribution in [1.82, 2.24) is 4.90 Å². The zero-order valence-electron chi connectivity index (χ0n) is 11.7. The van der Waals surface area contributed by atoms with Crippen LogP contribution in [-0.2, 0) is 4.74 Å². The maximum atomic E-state index is 6.23. The van der Waals surface area contributed by atoms with Crippen LogP contribution in [0, 0.1) is 17.8 Å². The quantitative estimate of drug-likeness (QED) is 0.830. The van der Waals surface area contributed by atoms with Gasteiger partial charge in [-0.05, 0) is 37.5 Å². The lowest BCUT2D eigenvalue weighted by molar-refractivity contribution is 0.0395. The monoisotopic (exact) mass is 252 g/mol. The topological polar surface area (TPSA) is 38.5 Å². The van der Waals surface area contributed by atoms with Crippen LogP contribution in [0.15, 0.2) is 0 Å².